The zero-order valence-corrected chi connectivity index (χ0v) is 12.7. The van der Waals surface area contributed by atoms with Gasteiger partial charge in [0.05, 0.1) is 11.5 Å². The van der Waals surface area contributed by atoms with E-state index in [2.05, 4.69) is 11.8 Å². The van der Waals surface area contributed by atoms with Crippen molar-refractivity contribution in [1.29, 1.82) is 0 Å². The number of rotatable bonds is 9. The summed E-state index contributed by atoms with van der Waals surface area (Å²) in [7, 11) is 0. The molecule has 1 atom stereocenters. The molecule has 0 fully saturated rings. The Morgan fingerprint density at radius 2 is 1.95 bits per heavy atom. The normalized spacial score (nSPS) is 12.3. The van der Waals surface area contributed by atoms with Crippen molar-refractivity contribution in [3.63, 3.8) is 0 Å². The largest absolute Gasteiger partial charge is 0.393 e. The average Bonchev–Trinajstić information content (AvgIpc) is 2.41. The second kappa shape index (κ2) is 8.66. The lowest BCUT2D eigenvalue weighted by Gasteiger charge is -2.31. The van der Waals surface area contributed by atoms with Crippen molar-refractivity contribution in [1.82, 2.24) is 4.90 Å². The van der Waals surface area contributed by atoms with Crippen molar-refractivity contribution in [3.05, 3.63) is 35.9 Å². The number of carbonyl (C=O) groups is 1. The summed E-state index contributed by atoms with van der Waals surface area (Å²) < 4.78 is 0. The highest BCUT2D eigenvalue weighted by Crippen LogP contribution is 2.24. The first kappa shape index (κ1) is 16.6. The van der Waals surface area contributed by atoms with E-state index in [4.69, 9.17) is 23.7 Å². The summed E-state index contributed by atoms with van der Waals surface area (Å²) in [5.74, 6) is -0.329. The molecule has 110 valence electrons. The number of hydrogen-bond acceptors (Lipinski definition) is 3. The number of unbranched alkanes of at least 4 members (excludes halogenated alkanes) is 1. The molecule has 5 heteroatoms. The van der Waals surface area contributed by atoms with Crippen molar-refractivity contribution >= 4 is 23.1 Å². The molecule has 0 saturated carbocycles. The third-order valence-corrected chi connectivity index (χ3v) is 3.34. The molecule has 0 aromatic heterocycles. The number of hydrogen-bond donors (Lipinski definition) is 2. The predicted octanol–water partition coefficient (Wildman–Crippen LogP) is 1.99. The van der Waals surface area contributed by atoms with Crippen LogP contribution in [0.15, 0.2) is 30.3 Å². The van der Waals surface area contributed by atoms with Gasteiger partial charge in [-0.3, -0.25) is 9.69 Å². The minimum atomic E-state index is -0.329. The van der Waals surface area contributed by atoms with Gasteiger partial charge in [0.25, 0.3) is 0 Å². The lowest BCUT2D eigenvalue weighted by molar-refractivity contribution is -0.119. The fourth-order valence-corrected chi connectivity index (χ4v) is 2.39. The predicted molar refractivity (Wildman–Crippen MR) is 86.3 cm³/mol. The number of thiocarbonyl (C=S) groups is 1. The van der Waals surface area contributed by atoms with E-state index in [1.807, 2.05) is 30.3 Å². The van der Waals surface area contributed by atoms with Gasteiger partial charge in [-0.25, -0.2) is 0 Å². The Balaban J connectivity index is 2.96. The minimum Gasteiger partial charge on any atom is -0.393 e. The van der Waals surface area contributed by atoms with E-state index in [9.17, 15) is 4.79 Å². The molecule has 0 saturated heterocycles. The molecule has 4 nitrogen and oxygen atoms in total. The molecule has 0 bridgehead atoms. The fourth-order valence-electron chi connectivity index (χ4n) is 2.23. The Bertz CT molecular complexity index is 436. The molecule has 1 unspecified atom stereocenters. The summed E-state index contributed by atoms with van der Waals surface area (Å²) >= 11 is 5.05. The number of benzene rings is 1. The maximum atomic E-state index is 11.3. The summed E-state index contributed by atoms with van der Waals surface area (Å²) in [6.07, 6.45) is 2.62. The van der Waals surface area contributed by atoms with Crippen molar-refractivity contribution in [2.75, 3.05) is 13.1 Å². The highest BCUT2D eigenvalue weighted by molar-refractivity contribution is 7.80. The first-order valence-corrected chi connectivity index (χ1v) is 7.31. The van der Waals surface area contributed by atoms with Crippen LogP contribution in [0.25, 0.3) is 0 Å². The lowest BCUT2D eigenvalue weighted by atomic mass is 10.0. The Morgan fingerprint density at radius 1 is 1.30 bits per heavy atom. The molecule has 0 radical (unpaired) electrons. The molecule has 1 aromatic rings. The molecule has 0 aliphatic rings. The first-order valence-electron chi connectivity index (χ1n) is 6.90. The number of nitrogens with two attached hydrogens (primary N) is 2. The number of primary amides is 1. The topological polar surface area (TPSA) is 72.3 Å². The maximum Gasteiger partial charge on any atom is 0.231 e. The van der Waals surface area contributed by atoms with E-state index in [1.165, 1.54) is 0 Å². The van der Waals surface area contributed by atoms with Crippen molar-refractivity contribution in [2.45, 2.75) is 32.2 Å². The van der Waals surface area contributed by atoms with Crippen LogP contribution in [0.2, 0.25) is 0 Å². The third kappa shape index (κ3) is 5.67. The molecule has 4 N–H and O–H groups in total. The highest BCUT2D eigenvalue weighted by atomic mass is 32.1. The van der Waals surface area contributed by atoms with Crippen molar-refractivity contribution in [3.8, 4) is 0 Å². The summed E-state index contributed by atoms with van der Waals surface area (Å²) in [5, 5.41) is 0. The van der Waals surface area contributed by atoms with Gasteiger partial charge >= 0.3 is 0 Å². The Kier molecular flexibility index (Phi) is 7.18. The quantitative estimate of drug-likeness (QED) is 0.683. The van der Waals surface area contributed by atoms with Crippen LogP contribution in [-0.2, 0) is 4.79 Å². The van der Waals surface area contributed by atoms with Crippen LogP contribution in [-0.4, -0.2) is 28.9 Å². The molecule has 20 heavy (non-hydrogen) atoms. The molecular weight excluding hydrogens is 270 g/mol. The van der Waals surface area contributed by atoms with Gasteiger partial charge in [0.15, 0.2) is 0 Å². The molecule has 1 rings (SSSR count). The Labute approximate surface area is 126 Å². The zero-order valence-electron chi connectivity index (χ0n) is 11.9. The molecule has 0 spiro atoms. The van der Waals surface area contributed by atoms with Crippen LogP contribution in [0.1, 0.15) is 37.8 Å². The van der Waals surface area contributed by atoms with Crippen LogP contribution in [0.3, 0.4) is 0 Å². The third-order valence-electron chi connectivity index (χ3n) is 3.18. The minimum absolute atomic E-state index is 0.00718. The number of nitrogens with zero attached hydrogens (tertiary/aromatic N) is 1. The van der Waals surface area contributed by atoms with Crippen LogP contribution in [0.4, 0.5) is 0 Å². The van der Waals surface area contributed by atoms with Gasteiger partial charge in [0.1, 0.15) is 0 Å². The summed E-state index contributed by atoms with van der Waals surface area (Å²) in [4.78, 5) is 13.8. The second-order valence-electron chi connectivity index (χ2n) is 4.89. The second-order valence-corrected chi connectivity index (χ2v) is 5.41. The molecule has 1 amide bonds. The summed E-state index contributed by atoms with van der Waals surface area (Å²) in [6.45, 7) is 3.15. The van der Waals surface area contributed by atoms with Gasteiger partial charge in [-0.2, -0.15) is 0 Å². The molecular formula is C15H23N3OS. The first-order chi connectivity index (χ1) is 9.54. The van der Waals surface area contributed by atoms with Crippen LogP contribution < -0.4 is 11.5 Å². The van der Waals surface area contributed by atoms with Crippen LogP contribution in [0, 0.1) is 0 Å². The SMILES string of the molecule is CCCCN(CC(N)=O)C(CC(N)=S)c1ccccc1. The molecule has 0 heterocycles. The van der Waals surface area contributed by atoms with E-state index in [1.54, 1.807) is 0 Å². The van der Waals surface area contributed by atoms with Crippen LogP contribution >= 0.6 is 12.2 Å². The lowest BCUT2D eigenvalue weighted by Crippen LogP contribution is -2.38. The van der Waals surface area contributed by atoms with Gasteiger partial charge in [-0.15, -0.1) is 0 Å². The summed E-state index contributed by atoms with van der Waals surface area (Å²) in [6, 6.07) is 9.99. The van der Waals surface area contributed by atoms with Crippen molar-refractivity contribution < 1.29 is 4.79 Å². The summed E-state index contributed by atoms with van der Waals surface area (Å²) in [5.41, 5.74) is 12.2. The molecule has 0 aliphatic carbocycles. The number of carbonyl (C=O) groups excluding carboxylic acids is 1. The van der Waals surface area contributed by atoms with Crippen molar-refractivity contribution in [2.24, 2.45) is 11.5 Å². The van der Waals surface area contributed by atoms with Gasteiger partial charge in [0, 0.05) is 12.5 Å². The van der Waals surface area contributed by atoms with E-state index in [0.717, 1.165) is 24.9 Å². The molecule has 0 aliphatic heterocycles. The maximum absolute atomic E-state index is 11.3. The average molecular weight is 293 g/mol. The molecule has 1 aromatic carbocycles. The Morgan fingerprint density at radius 3 is 2.45 bits per heavy atom. The monoisotopic (exact) mass is 293 g/mol. The number of amides is 1. The fraction of sp³-hybridized carbons (Fsp3) is 0.467. The van der Waals surface area contributed by atoms with E-state index in [-0.39, 0.29) is 18.5 Å². The Hall–Kier alpha value is -1.46. The smallest absolute Gasteiger partial charge is 0.231 e. The van der Waals surface area contributed by atoms with Gasteiger partial charge in [-0.1, -0.05) is 55.9 Å². The standard InChI is InChI=1S/C15H23N3OS/c1-2-3-9-18(11-14(16)19)13(10-15(17)20)12-7-5-4-6-8-12/h4-8,13H,2-3,9-11H2,1H3,(H2,16,19)(H2,17,20). The van der Waals surface area contributed by atoms with Gasteiger partial charge < -0.3 is 11.5 Å². The van der Waals surface area contributed by atoms with Gasteiger partial charge in [0.2, 0.25) is 5.91 Å². The zero-order chi connectivity index (χ0) is 15.0. The van der Waals surface area contributed by atoms with Gasteiger partial charge in [-0.05, 0) is 18.5 Å². The highest BCUT2D eigenvalue weighted by Gasteiger charge is 2.22. The van der Waals surface area contributed by atoms with E-state index < -0.39 is 0 Å². The van der Waals surface area contributed by atoms with E-state index >= 15 is 0 Å². The van der Waals surface area contributed by atoms with E-state index in [0.29, 0.717) is 11.4 Å². The van der Waals surface area contributed by atoms with Crippen LogP contribution in [0.5, 0.6) is 0 Å².